The summed E-state index contributed by atoms with van der Waals surface area (Å²) < 4.78 is 0. The zero-order valence-corrected chi connectivity index (χ0v) is 24.8. The number of aryl methyl sites for hydroxylation is 2. The van der Waals surface area contributed by atoms with Crippen LogP contribution in [-0.2, 0) is 16.6 Å². The quantitative estimate of drug-likeness (QED) is 0.448. The summed E-state index contributed by atoms with van der Waals surface area (Å²) in [5.41, 5.74) is 5.46. The maximum absolute atomic E-state index is 14.6. The van der Waals surface area contributed by atoms with Crippen molar-refractivity contribution in [2.45, 2.75) is 88.5 Å². The number of amides is 1. The molecule has 1 amide bonds. The lowest BCUT2D eigenvalue weighted by molar-refractivity contribution is -0.640. The topological polar surface area (TPSA) is 51.1 Å². The Morgan fingerprint density at radius 2 is 1.84 bits per heavy atom. The number of carbonyl (C=O) groups excluding carboxylic acids is 1. The molecule has 2 aliphatic carbocycles. The zero-order valence-electron chi connectivity index (χ0n) is 22.5. The third-order valence-electron chi connectivity index (χ3n) is 10.2. The Hall–Kier alpha value is -1.33. The minimum atomic E-state index is -0.0598. The van der Waals surface area contributed by atoms with Crippen LogP contribution in [0.15, 0.2) is 36.4 Å². The normalized spacial score (nSPS) is 29.3. The molecule has 3 N–H and O–H groups in total. The third-order valence-corrected chi connectivity index (χ3v) is 10.4. The van der Waals surface area contributed by atoms with Gasteiger partial charge in [-0.25, -0.2) is 0 Å². The molecule has 0 bridgehead atoms. The number of aromatic amines is 1. The Morgan fingerprint density at radius 1 is 1.05 bits per heavy atom. The van der Waals surface area contributed by atoms with E-state index < -0.39 is 0 Å². The molecule has 0 unspecified atom stereocenters. The van der Waals surface area contributed by atoms with Gasteiger partial charge in [0.05, 0.1) is 18.5 Å². The number of halogens is 3. The minimum Gasteiger partial charge on any atom is -1.00 e. The first kappa shape index (κ1) is 29.6. The van der Waals surface area contributed by atoms with E-state index in [0.717, 1.165) is 51.7 Å². The average Bonchev–Trinajstić information content (AvgIpc) is 3.32. The van der Waals surface area contributed by atoms with Gasteiger partial charge in [0.15, 0.2) is 5.69 Å². The number of carbonyl (C=O) groups is 1. The first-order valence-corrected chi connectivity index (χ1v) is 14.8. The van der Waals surface area contributed by atoms with E-state index in [0.29, 0.717) is 28.9 Å². The van der Waals surface area contributed by atoms with Crippen molar-refractivity contribution in [3.05, 3.63) is 63.9 Å². The highest BCUT2D eigenvalue weighted by molar-refractivity contribution is 6.28. The summed E-state index contributed by atoms with van der Waals surface area (Å²) in [6.07, 6.45) is 12.1. The molecule has 4 nitrogen and oxygen atoms in total. The molecule has 3 heterocycles. The van der Waals surface area contributed by atoms with Crippen LogP contribution < -0.4 is 35.1 Å². The van der Waals surface area contributed by atoms with Crippen LogP contribution in [0.25, 0.3) is 0 Å². The van der Waals surface area contributed by atoms with Crippen LogP contribution >= 0.6 is 11.6 Å². The largest absolute Gasteiger partial charge is 1.00 e. The van der Waals surface area contributed by atoms with Gasteiger partial charge in [0.1, 0.15) is 5.92 Å². The second kappa shape index (κ2) is 12.5. The molecule has 4 aliphatic rings. The molecule has 4 atom stereocenters. The van der Waals surface area contributed by atoms with Crippen LogP contribution in [-0.4, -0.2) is 36.5 Å². The Bertz CT molecular complexity index is 1120. The summed E-state index contributed by atoms with van der Waals surface area (Å²) in [5.74, 6) is 1.72. The van der Waals surface area contributed by atoms with Crippen LogP contribution in [0.2, 0.25) is 5.15 Å². The number of benzene rings is 1. The number of nitrogens with zero attached hydrogens (tertiary/aromatic N) is 1. The molecule has 1 saturated carbocycles. The molecule has 1 aromatic heterocycles. The van der Waals surface area contributed by atoms with Gasteiger partial charge in [0.25, 0.3) is 5.15 Å². The molecule has 208 valence electrons. The van der Waals surface area contributed by atoms with Crippen molar-refractivity contribution in [1.29, 1.82) is 0 Å². The second-order valence-corrected chi connectivity index (χ2v) is 12.5. The van der Waals surface area contributed by atoms with Gasteiger partial charge in [-0.2, -0.15) is 4.98 Å². The summed E-state index contributed by atoms with van der Waals surface area (Å²) >= 11 is 6.33. The van der Waals surface area contributed by atoms with Gasteiger partial charge in [-0.15, -0.1) is 0 Å². The van der Waals surface area contributed by atoms with E-state index in [2.05, 4.69) is 52.5 Å². The van der Waals surface area contributed by atoms with Gasteiger partial charge in [-0.05, 0) is 86.1 Å². The number of H-pyrrole nitrogens is 1. The number of piperidine rings is 1. The molecule has 6 rings (SSSR count). The Morgan fingerprint density at radius 3 is 2.63 bits per heavy atom. The molecule has 2 aliphatic heterocycles. The van der Waals surface area contributed by atoms with Gasteiger partial charge in [-0.1, -0.05) is 43.5 Å². The Balaban J connectivity index is 0.00000168. The van der Waals surface area contributed by atoms with Crippen LogP contribution in [0.3, 0.4) is 0 Å². The van der Waals surface area contributed by atoms with E-state index >= 15 is 0 Å². The van der Waals surface area contributed by atoms with Gasteiger partial charge in [0.2, 0.25) is 5.91 Å². The molecular weight excluding hydrogens is 537 g/mol. The number of nitrogens with two attached hydrogens (primary N) is 1. The van der Waals surface area contributed by atoms with E-state index in [-0.39, 0.29) is 36.1 Å². The lowest BCUT2D eigenvalue weighted by Crippen LogP contribution is -3.00. The number of rotatable bonds is 3. The minimum absolute atomic E-state index is 0. The number of hydrogen-bond donors (Lipinski definition) is 1. The highest BCUT2D eigenvalue weighted by Crippen LogP contribution is 2.46. The van der Waals surface area contributed by atoms with Crippen LogP contribution in [0.4, 0.5) is 0 Å². The van der Waals surface area contributed by atoms with E-state index in [1.165, 1.54) is 54.5 Å². The predicted molar refractivity (Wildman–Crippen MR) is 143 cm³/mol. The lowest BCUT2D eigenvalue weighted by atomic mass is 9.64. The monoisotopic (exact) mass is 577 g/mol. The number of pyridine rings is 1. The van der Waals surface area contributed by atoms with Crippen LogP contribution in [0.5, 0.6) is 0 Å². The van der Waals surface area contributed by atoms with Crippen molar-refractivity contribution < 1.29 is 39.9 Å². The maximum atomic E-state index is 14.6. The Kier molecular flexibility index (Phi) is 9.72. The summed E-state index contributed by atoms with van der Waals surface area (Å²) in [7, 11) is 0. The zero-order chi connectivity index (χ0) is 24.7. The molecule has 1 aromatic carbocycles. The molecule has 1 spiro atoms. The maximum Gasteiger partial charge on any atom is 0.273 e. The molecular formula is C31H42Cl3N3O. The second-order valence-electron chi connectivity index (χ2n) is 12.1. The number of aromatic nitrogens is 1. The fourth-order valence-corrected chi connectivity index (χ4v) is 8.62. The van der Waals surface area contributed by atoms with Crippen molar-refractivity contribution in [3.8, 4) is 0 Å². The van der Waals surface area contributed by atoms with Gasteiger partial charge in [0, 0.05) is 30.6 Å². The van der Waals surface area contributed by atoms with Gasteiger partial charge in [-0.3, -0.25) is 4.79 Å². The fraction of sp³-hybridized carbons (Fsp3) is 0.613. The lowest BCUT2D eigenvalue weighted by Gasteiger charge is -2.47. The first-order chi connectivity index (χ1) is 17.6. The number of likely N-dealkylation sites (tertiary alicyclic amines) is 1. The summed E-state index contributed by atoms with van der Waals surface area (Å²) in [6.45, 7) is 5.09. The van der Waals surface area contributed by atoms with Crippen LogP contribution in [0, 0.1) is 18.8 Å². The molecule has 38 heavy (non-hydrogen) atoms. The van der Waals surface area contributed by atoms with E-state index in [9.17, 15) is 4.79 Å². The van der Waals surface area contributed by atoms with Crippen molar-refractivity contribution in [2.24, 2.45) is 11.8 Å². The number of hydrogen-bond acceptors (Lipinski definition) is 1. The molecule has 0 radical (unpaired) electrons. The van der Waals surface area contributed by atoms with Crippen molar-refractivity contribution in [3.63, 3.8) is 0 Å². The standard InChI is InChI=1S/C31H40ClN3O.2ClH/c1-21-8-5-6-11-24(21)23-15-17-35(28(18-23)22-9-3-2-4-10-22)30(36)26-19-33-20-31(26)16-7-12-27-25(31)13-14-29(32)34-27;;/h5-6,8,11,13-14,22-23,26,28,33H,2-4,7,9-10,12,15-20H2,1H3;2*1H/t23-,26+,28+,31+;;/m1../s1. The third kappa shape index (κ3) is 5.36. The molecule has 2 saturated heterocycles. The highest BCUT2D eigenvalue weighted by Gasteiger charge is 2.56. The fourth-order valence-electron chi connectivity index (χ4n) is 8.44. The van der Waals surface area contributed by atoms with E-state index in [1.54, 1.807) is 0 Å². The van der Waals surface area contributed by atoms with Gasteiger partial charge >= 0.3 is 0 Å². The number of fused-ring (bicyclic) bond motifs is 2. The highest BCUT2D eigenvalue weighted by atomic mass is 35.5. The average molecular weight is 579 g/mol. The van der Waals surface area contributed by atoms with E-state index in [4.69, 9.17) is 11.6 Å². The summed E-state index contributed by atoms with van der Waals surface area (Å²) in [4.78, 5) is 20.4. The summed E-state index contributed by atoms with van der Waals surface area (Å²) in [6, 6.07) is 13.5. The molecule has 2 aromatic rings. The van der Waals surface area contributed by atoms with E-state index in [1.807, 2.05) is 6.07 Å². The molecule has 3 fully saturated rings. The predicted octanol–water partition coefficient (Wildman–Crippen LogP) is -1.41. The van der Waals surface area contributed by atoms with Crippen molar-refractivity contribution >= 4 is 17.5 Å². The van der Waals surface area contributed by atoms with Crippen molar-refractivity contribution in [1.82, 2.24) is 4.90 Å². The van der Waals surface area contributed by atoms with Crippen LogP contribution in [0.1, 0.15) is 86.1 Å². The van der Waals surface area contributed by atoms with Crippen molar-refractivity contribution in [2.75, 3.05) is 19.6 Å². The first-order valence-electron chi connectivity index (χ1n) is 14.5. The SMILES string of the molecule is Cc1ccccc1[C@@H]1CCN(C(=O)[C@@H]2C[NH2+]C[C@]23CCCc2[nH+]c(Cl)ccc23)[C@H](C2CCCCC2)C1.[Cl-].[Cl-]. The Labute approximate surface area is 245 Å². The molecule has 7 heteroatoms. The number of nitrogens with one attached hydrogen (secondary N) is 1. The smallest absolute Gasteiger partial charge is 0.273 e. The van der Waals surface area contributed by atoms with Gasteiger partial charge < -0.3 is 35.0 Å². The summed E-state index contributed by atoms with van der Waals surface area (Å²) in [5, 5.41) is 3.11. The number of quaternary nitrogens is 1.